The van der Waals surface area contributed by atoms with Crippen molar-refractivity contribution in [2.75, 3.05) is 18.7 Å². The summed E-state index contributed by atoms with van der Waals surface area (Å²) in [7, 11) is -3.98. The number of hydrogen-bond acceptors (Lipinski definition) is 7. The molecule has 2 aromatic carbocycles. The van der Waals surface area contributed by atoms with Crippen LogP contribution < -0.4 is 20.2 Å². The number of benzene rings is 2. The van der Waals surface area contributed by atoms with Crippen LogP contribution in [0.25, 0.3) is 0 Å². The zero-order valence-electron chi connectivity index (χ0n) is 27.2. The molecule has 0 aliphatic rings. The molecule has 3 N–H and O–H groups in total. The minimum absolute atomic E-state index is 0.00317. The highest BCUT2D eigenvalue weighted by Crippen LogP contribution is 2.41. The third-order valence-corrected chi connectivity index (χ3v) is 7.84. The second-order valence-corrected chi connectivity index (χ2v) is 14.9. The molecule has 2 aromatic rings. The number of hydrogen-bond donors (Lipinski definition) is 3. The molecule has 2 rings (SSSR count). The first kappa shape index (κ1) is 36.4. The van der Waals surface area contributed by atoms with Crippen molar-refractivity contribution in [3.05, 3.63) is 60.2 Å². The van der Waals surface area contributed by atoms with Gasteiger partial charge in [-0.3, -0.25) is 18.7 Å². The lowest BCUT2D eigenvalue weighted by molar-refractivity contribution is -0.158. The molecule has 240 valence electrons. The summed E-state index contributed by atoms with van der Waals surface area (Å²) < 4.78 is 37.8. The van der Waals surface area contributed by atoms with Gasteiger partial charge in [-0.2, -0.15) is 0 Å². The van der Waals surface area contributed by atoms with E-state index in [4.69, 9.17) is 18.7 Å². The fraction of sp³-hybridized carbons (Fsp3) is 0.562. The van der Waals surface area contributed by atoms with E-state index >= 15 is 0 Å². The number of esters is 1. The van der Waals surface area contributed by atoms with Crippen molar-refractivity contribution in [3.63, 3.8) is 0 Å². The van der Waals surface area contributed by atoms with Gasteiger partial charge in [-0.25, -0.2) is 10.2 Å². The summed E-state index contributed by atoms with van der Waals surface area (Å²) in [5.41, 5.74) is -0.246. The van der Waals surface area contributed by atoms with E-state index < -0.39 is 43.7 Å². The maximum absolute atomic E-state index is 14.4. The number of rotatable bonds is 15. The summed E-state index contributed by atoms with van der Waals surface area (Å²) in [6.45, 7) is 18.5. The molecule has 0 spiro atoms. The zero-order chi connectivity index (χ0) is 32.4. The van der Waals surface area contributed by atoms with E-state index in [-0.39, 0.29) is 35.7 Å². The molecule has 0 bridgehead atoms. The number of ether oxygens (including phenoxy) is 3. The van der Waals surface area contributed by atoms with Gasteiger partial charge in [-0.05, 0) is 77.6 Å². The molecule has 0 aromatic heterocycles. The zero-order valence-corrected chi connectivity index (χ0v) is 28.1. The fourth-order valence-corrected chi connectivity index (χ4v) is 5.74. The average Bonchev–Trinajstić information content (AvgIpc) is 2.89. The minimum atomic E-state index is -3.98. The van der Waals surface area contributed by atoms with Crippen molar-refractivity contribution in [3.8, 4) is 5.75 Å². The van der Waals surface area contributed by atoms with Gasteiger partial charge >= 0.3 is 13.6 Å². The van der Waals surface area contributed by atoms with Gasteiger partial charge in [0.2, 0.25) is 0 Å². The maximum Gasteiger partial charge on any atom is 0.344 e. The molecule has 43 heavy (non-hydrogen) atoms. The predicted molar refractivity (Wildman–Crippen MR) is 170 cm³/mol. The lowest BCUT2D eigenvalue weighted by Gasteiger charge is -2.33. The van der Waals surface area contributed by atoms with Crippen molar-refractivity contribution >= 4 is 25.2 Å². The number of carbonyl (C=O) groups excluding carboxylic acids is 2. The van der Waals surface area contributed by atoms with Crippen molar-refractivity contribution in [1.82, 2.24) is 10.2 Å². The Bertz CT molecular complexity index is 1220. The Balaban J connectivity index is 2.30. The molecule has 0 radical (unpaired) electrons. The molecule has 1 unspecified atom stereocenters. The summed E-state index contributed by atoms with van der Waals surface area (Å²) >= 11 is 0. The van der Waals surface area contributed by atoms with Crippen molar-refractivity contribution in [1.29, 1.82) is 0 Å². The van der Waals surface area contributed by atoms with Crippen LogP contribution in [0.1, 0.15) is 79.6 Å². The van der Waals surface area contributed by atoms with E-state index in [9.17, 15) is 14.2 Å². The van der Waals surface area contributed by atoms with E-state index in [0.717, 1.165) is 0 Å². The average molecular weight is 620 g/mol. The highest BCUT2D eigenvalue weighted by Gasteiger charge is 2.38. The largest absolute Gasteiger partial charge is 0.466 e. The maximum atomic E-state index is 14.4. The van der Waals surface area contributed by atoms with Crippen LogP contribution in [0.2, 0.25) is 0 Å². The first-order valence-corrected chi connectivity index (χ1v) is 16.3. The van der Waals surface area contributed by atoms with Crippen LogP contribution in [-0.4, -0.2) is 48.6 Å². The van der Waals surface area contributed by atoms with Gasteiger partial charge in [0.25, 0.3) is 5.91 Å². The fourth-order valence-electron chi connectivity index (χ4n) is 3.74. The van der Waals surface area contributed by atoms with E-state index in [1.165, 1.54) is 0 Å². The predicted octanol–water partition coefficient (Wildman–Crippen LogP) is 6.79. The van der Waals surface area contributed by atoms with Crippen molar-refractivity contribution < 1.29 is 32.9 Å². The summed E-state index contributed by atoms with van der Waals surface area (Å²) in [6.07, 6.45) is 0. The molecule has 0 aliphatic carbocycles. The van der Waals surface area contributed by atoms with Crippen LogP contribution in [0.15, 0.2) is 54.6 Å². The molecular formula is C32H50N3O7P. The normalized spacial score (nSPS) is 15.1. The Kier molecular flexibility index (Phi) is 13.4. The summed E-state index contributed by atoms with van der Waals surface area (Å²) in [5.74, 6) is -0.954. The van der Waals surface area contributed by atoms with E-state index in [0.29, 0.717) is 5.69 Å². The van der Waals surface area contributed by atoms with Gasteiger partial charge in [0, 0.05) is 11.7 Å². The second-order valence-electron chi connectivity index (χ2n) is 13.0. The highest BCUT2D eigenvalue weighted by atomic mass is 31.2. The Morgan fingerprint density at radius 2 is 1.42 bits per heavy atom. The molecule has 0 fully saturated rings. The number of nitrogens with one attached hydrogen (secondary N) is 3. The summed E-state index contributed by atoms with van der Waals surface area (Å²) in [6, 6.07) is 14.4. The lowest BCUT2D eigenvalue weighted by atomic mass is 10.1. The molecule has 11 heteroatoms. The van der Waals surface area contributed by atoms with Gasteiger partial charge in [-0.15, -0.1) is 0 Å². The number of para-hydroxylation sites is 2. The molecular weight excluding hydrogens is 569 g/mol. The van der Waals surface area contributed by atoms with Crippen LogP contribution in [0, 0.1) is 11.8 Å². The third kappa shape index (κ3) is 13.2. The van der Waals surface area contributed by atoms with Gasteiger partial charge in [0.05, 0.1) is 17.8 Å². The molecule has 10 nitrogen and oxygen atoms in total. The quantitative estimate of drug-likeness (QED) is 0.112. The molecule has 1 amide bonds. The minimum Gasteiger partial charge on any atom is -0.466 e. The smallest absolute Gasteiger partial charge is 0.344 e. The van der Waals surface area contributed by atoms with E-state index in [1.807, 2.05) is 66.7 Å². The molecule has 0 saturated heterocycles. The Morgan fingerprint density at radius 1 is 0.814 bits per heavy atom. The molecule has 0 heterocycles. The van der Waals surface area contributed by atoms with Crippen LogP contribution in [-0.2, 0) is 23.4 Å². The number of carbonyl (C=O) groups is 2. The standard InChI is InChI=1S/C32H50N3O7P/c1-22(2)26(20-40-31(5,6)7)34-43(38,35-28(23(3)4)30(37)42-32(8,9)10)41-21-39-27-19-15-14-18-25(27)29(36)33-24-16-12-11-13-17-24/h11-19,22-23,26,28H,20-21H2,1-10H3,(H,33,36)(H2,34,35,38)/t26-,28+,43?/m1/s1. The molecule has 0 aliphatic heterocycles. The van der Waals surface area contributed by atoms with E-state index in [1.54, 1.807) is 57.2 Å². The Morgan fingerprint density at radius 3 is 1.98 bits per heavy atom. The van der Waals surface area contributed by atoms with Gasteiger partial charge in [0.1, 0.15) is 17.4 Å². The number of anilines is 1. The Labute approximate surface area is 257 Å². The summed E-state index contributed by atoms with van der Waals surface area (Å²) in [4.78, 5) is 26.1. The first-order valence-electron chi connectivity index (χ1n) is 14.6. The van der Waals surface area contributed by atoms with Gasteiger partial charge in [0.15, 0.2) is 6.79 Å². The molecule has 0 saturated carbocycles. The van der Waals surface area contributed by atoms with Crippen LogP contribution >= 0.6 is 7.67 Å². The topological polar surface area (TPSA) is 124 Å². The number of amides is 1. The van der Waals surface area contributed by atoms with Crippen LogP contribution in [0.3, 0.4) is 0 Å². The lowest BCUT2D eigenvalue weighted by Crippen LogP contribution is -2.48. The van der Waals surface area contributed by atoms with Gasteiger partial charge in [-0.1, -0.05) is 58.0 Å². The third-order valence-electron chi connectivity index (χ3n) is 6.09. The van der Waals surface area contributed by atoms with Crippen LogP contribution in [0.4, 0.5) is 5.69 Å². The van der Waals surface area contributed by atoms with E-state index in [2.05, 4.69) is 15.5 Å². The Hall–Kier alpha value is -2.75. The van der Waals surface area contributed by atoms with Crippen molar-refractivity contribution in [2.24, 2.45) is 11.8 Å². The monoisotopic (exact) mass is 619 g/mol. The SMILES string of the molecule is CC(C)[C@H](NP(=O)(N[C@H](COC(C)(C)C)C(C)C)OCOc1ccccc1C(=O)Nc1ccccc1)C(=O)OC(C)(C)C. The van der Waals surface area contributed by atoms with Gasteiger partial charge < -0.3 is 19.5 Å². The van der Waals surface area contributed by atoms with Crippen LogP contribution in [0.5, 0.6) is 5.75 Å². The second kappa shape index (κ2) is 15.8. The molecule has 3 atom stereocenters. The first-order chi connectivity index (χ1) is 19.9. The highest BCUT2D eigenvalue weighted by molar-refractivity contribution is 7.54. The summed E-state index contributed by atoms with van der Waals surface area (Å²) in [5, 5.41) is 8.85. The van der Waals surface area contributed by atoms with Crippen molar-refractivity contribution in [2.45, 2.75) is 92.5 Å².